The van der Waals surface area contributed by atoms with Crippen molar-refractivity contribution in [2.24, 2.45) is 17.6 Å². The van der Waals surface area contributed by atoms with Crippen LogP contribution in [-0.2, 0) is 0 Å². The third-order valence-electron chi connectivity index (χ3n) is 7.30. The van der Waals surface area contributed by atoms with Crippen molar-refractivity contribution in [3.63, 3.8) is 0 Å². The first-order valence-corrected chi connectivity index (χ1v) is 12.7. The summed E-state index contributed by atoms with van der Waals surface area (Å²) >= 11 is 6.36. The zero-order chi connectivity index (χ0) is 24.1. The number of amides is 2. The van der Waals surface area contributed by atoms with E-state index in [1.807, 2.05) is 0 Å². The van der Waals surface area contributed by atoms with Crippen molar-refractivity contribution in [2.45, 2.75) is 69.9 Å². The summed E-state index contributed by atoms with van der Waals surface area (Å²) < 4.78 is 13.4. The highest BCUT2D eigenvalue weighted by molar-refractivity contribution is 6.34. The standard InChI is InChI=1S/C27H33ClFN3O2/c28-25-16-23(32-26(33)19-2-1-3-20(29)15-19)12-13-24(25)27(34)31-22-10-6-18(7-11-22)14-17-4-8-21(30)9-5-17/h1-3,12-13,15-18,21-22H,4-11,14,30H2,(H,31,34)(H,32,33). The van der Waals surface area contributed by atoms with Gasteiger partial charge >= 0.3 is 0 Å². The first-order chi connectivity index (χ1) is 16.4. The highest BCUT2D eigenvalue weighted by Gasteiger charge is 2.27. The Hall–Kier alpha value is -2.44. The number of rotatable bonds is 6. The van der Waals surface area contributed by atoms with Crippen LogP contribution in [-0.4, -0.2) is 23.9 Å². The first-order valence-electron chi connectivity index (χ1n) is 12.3. The van der Waals surface area contributed by atoms with Crippen LogP contribution >= 0.6 is 11.6 Å². The maximum absolute atomic E-state index is 13.4. The lowest BCUT2D eigenvalue weighted by molar-refractivity contribution is 0.0918. The molecule has 0 spiro atoms. The molecule has 4 rings (SSSR count). The number of benzene rings is 2. The second-order valence-corrected chi connectivity index (χ2v) is 10.3. The van der Waals surface area contributed by atoms with E-state index < -0.39 is 11.7 Å². The minimum atomic E-state index is -0.481. The fourth-order valence-corrected chi connectivity index (χ4v) is 5.58. The van der Waals surface area contributed by atoms with Crippen molar-refractivity contribution < 1.29 is 14.0 Å². The van der Waals surface area contributed by atoms with E-state index in [0.717, 1.165) is 56.4 Å². The summed E-state index contributed by atoms with van der Waals surface area (Å²) in [6.45, 7) is 0. The molecular formula is C27H33ClFN3O2. The minimum Gasteiger partial charge on any atom is -0.349 e. The van der Waals surface area contributed by atoms with Gasteiger partial charge in [-0.05, 0) is 106 Å². The van der Waals surface area contributed by atoms with E-state index in [1.54, 1.807) is 18.2 Å². The molecule has 4 N–H and O–H groups in total. The Kier molecular flexibility index (Phi) is 8.22. The van der Waals surface area contributed by atoms with E-state index in [2.05, 4.69) is 10.6 Å². The zero-order valence-corrected chi connectivity index (χ0v) is 20.1. The van der Waals surface area contributed by atoms with Gasteiger partial charge in [-0.3, -0.25) is 9.59 Å². The second-order valence-electron chi connectivity index (χ2n) is 9.87. The Morgan fingerprint density at radius 2 is 1.59 bits per heavy atom. The van der Waals surface area contributed by atoms with Gasteiger partial charge in [-0.15, -0.1) is 0 Å². The van der Waals surface area contributed by atoms with Crippen LogP contribution < -0.4 is 16.4 Å². The maximum atomic E-state index is 13.4. The molecule has 0 saturated heterocycles. The first kappa shape index (κ1) is 24.7. The second kappa shape index (κ2) is 11.3. The average molecular weight is 486 g/mol. The number of halogens is 2. The molecule has 2 aliphatic carbocycles. The summed E-state index contributed by atoms with van der Waals surface area (Å²) in [5, 5.41) is 6.08. The molecular weight excluding hydrogens is 453 g/mol. The van der Waals surface area contributed by atoms with Crippen LogP contribution in [0.5, 0.6) is 0 Å². The molecule has 2 aliphatic rings. The number of nitrogens with one attached hydrogen (secondary N) is 2. The van der Waals surface area contributed by atoms with Crippen LogP contribution in [0.3, 0.4) is 0 Å². The van der Waals surface area contributed by atoms with Crippen LogP contribution in [0.4, 0.5) is 10.1 Å². The van der Waals surface area contributed by atoms with E-state index in [9.17, 15) is 14.0 Å². The topological polar surface area (TPSA) is 84.2 Å². The Morgan fingerprint density at radius 1 is 0.912 bits per heavy atom. The molecule has 2 fully saturated rings. The molecule has 0 heterocycles. The van der Waals surface area contributed by atoms with Gasteiger partial charge in [0.25, 0.3) is 11.8 Å². The Bertz CT molecular complexity index is 1010. The van der Waals surface area contributed by atoms with E-state index >= 15 is 0 Å². The lowest BCUT2D eigenvalue weighted by Gasteiger charge is -2.33. The molecule has 0 atom stereocenters. The largest absolute Gasteiger partial charge is 0.349 e. The third-order valence-corrected chi connectivity index (χ3v) is 7.61. The normalized spacial score (nSPS) is 24.9. The molecule has 5 nitrogen and oxygen atoms in total. The van der Waals surface area contributed by atoms with Crippen LogP contribution in [0.25, 0.3) is 0 Å². The van der Waals surface area contributed by atoms with Crippen molar-refractivity contribution in [1.82, 2.24) is 5.32 Å². The number of hydrogen-bond donors (Lipinski definition) is 3. The lowest BCUT2D eigenvalue weighted by Crippen LogP contribution is -2.38. The number of carbonyl (C=O) groups is 2. The smallest absolute Gasteiger partial charge is 0.255 e. The van der Waals surface area contributed by atoms with Crippen LogP contribution in [0.15, 0.2) is 42.5 Å². The van der Waals surface area contributed by atoms with E-state index in [0.29, 0.717) is 17.3 Å². The van der Waals surface area contributed by atoms with E-state index in [4.69, 9.17) is 17.3 Å². The fraction of sp³-hybridized carbons (Fsp3) is 0.481. The van der Waals surface area contributed by atoms with Gasteiger partial charge in [0, 0.05) is 23.3 Å². The minimum absolute atomic E-state index is 0.159. The quantitative estimate of drug-likeness (QED) is 0.474. The molecule has 0 aromatic heterocycles. The van der Waals surface area contributed by atoms with Crippen molar-refractivity contribution in [3.8, 4) is 0 Å². The van der Waals surface area contributed by atoms with Crippen LogP contribution in [0.2, 0.25) is 5.02 Å². The van der Waals surface area contributed by atoms with Gasteiger partial charge in [0.05, 0.1) is 10.6 Å². The molecule has 7 heteroatoms. The Morgan fingerprint density at radius 3 is 2.24 bits per heavy atom. The van der Waals surface area contributed by atoms with Gasteiger partial charge in [0.1, 0.15) is 5.82 Å². The van der Waals surface area contributed by atoms with E-state index in [1.165, 1.54) is 37.5 Å². The summed E-state index contributed by atoms with van der Waals surface area (Å²) in [7, 11) is 0. The van der Waals surface area contributed by atoms with Crippen LogP contribution in [0, 0.1) is 17.7 Å². The molecule has 2 amide bonds. The predicted molar refractivity (Wildman–Crippen MR) is 134 cm³/mol. The molecule has 182 valence electrons. The van der Waals surface area contributed by atoms with Crippen molar-refractivity contribution in [3.05, 3.63) is 64.4 Å². The highest BCUT2D eigenvalue weighted by atomic mass is 35.5. The van der Waals surface area contributed by atoms with Gasteiger partial charge in [-0.25, -0.2) is 4.39 Å². The Labute approximate surface area is 205 Å². The summed E-state index contributed by atoms with van der Waals surface area (Å²) in [6, 6.07) is 10.8. The highest BCUT2D eigenvalue weighted by Crippen LogP contribution is 2.35. The number of hydrogen-bond acceptors (Lipinski definition) is 3. The van der Waals surface area contributed by atoms with Gasteiger partial charge in [-0.2, -0.15) is 0 Å². The molecule has 0 unspecified atom stereocenters. The van der Waals surface area contributed by atoms with Crippen molar-refractivity contribution >= 4 is 29.1 Å². The fourth-order valence-electron chi connectivity index (χ4n) is 5.31. The Balaban J connectivity index is 1.26. The van der Waals surface area contributed by atoms with Gasteiger partial charge in [-0.1, -0.05) is 17.7 Å². The third kappa shape index (κ3) is 6.57. The summed E-state index contributed by atoms with van der Waals surface area (Å²) in [4.78, 5) is 25.1. The van der Waals surface area contributed by atoms with Gasteiger partial charge < -0.3 is 16.4 Å². The van der Waals surface area contributed by atoms with Gasteiger partial charge in [0.2, 0.25) is 0 Å². The zero-order valence-electron chi connectivity index (χ0n) is 19.4. The number of carbonyl (C=O) groups excluding carboxylic acids is 2. The lowest BCUT2D eigenvalue weighted by atomic mass is 9.76. The molecule has 0 aliphatic heterocycles. The SMILES string of the molecule is NC1CCC(CC2CCC(NC(=O)c3ccc(NC(=O)c4cccc(F)c4)cc3Cl)CC2)CC1. The number of anilines is 1. The average Bonchev–Trinajstić information content (AvgIpc) is 2.82. The van der Waals surface area contributed by atoms with Crippen LogP contribution in [0.1, 0.15) is 78.5 Å². The summed E-state index contributed by atoms with van der Waals surface area (Å²) in [5.74, 6) is 0.440. The van der Waals surface area contributed by atoms with Crippen molar-refractivity contribution in [2.75, 3.05) is 5.32 Å². The molecule has 2 saturated carbocycles. The predicted octanol–water partition coefficient (Wildman–Crippen LogP) is 5.93. The monoisotopic (exact) mass is 485 g/mol. The number of nitrogens with two attached hydrogens (primary N) is 1. The maximum Gasteiger partial charge on any atom is 0.255 e. The van der Waals surface area contributed by atoms with E-state index in [-0.39, 0.29) is 22.5 Å². The molecule has 34 heavy (non-hydrogen) atoms. The van der Waals surface area contributed by atoms with Gasteiger partial charge in [0.15, 0.2) is 0 Å². The summed E-state index contributed by atoms with van der Waals surface area (Å²) in [5.41, 5.74) is 7.07. The molecule has 2 aromatic rings. The molecule has 0 bridgehead atoms. The molecule has 0 radical (unpaired) electrons. The van der Waals surface area contributed by atoms with Crippen molar-refractivity contribution in [1.29, 1.82) is 0 Å². The summed E-state index contributed by atoms with van der Waals surface area (Å²) in [6.07, 6.45) is 10.4. The molecule has 2 aromatic carbocycles.